The quantitative estimate of drug-likeness (QED) is 0.710. The highest BCUT2D eigenvalue weighted by Crippen LogP contribution is 2.20. The first-order chi connectivity index (χ1) is 6.24. The lowest BCUT2D eigenvalue weighted by Gasteiger charge is -2.05. The fourth-order valence-corrected chi connectivity index (χ4v) is 1.32. The molecule has 2 N–H and O–H groups in total. The van der Waals surface area contributed by atoms with Crippen LogP contribution in [0.15, 0.2) is 10.6 Å². The molecular weight excluding hydrogens is 164 g/mol. The van der Waals surface area contributed by atoms with Gasteiger partial charge in [0.05, 0.1) is 6.20 Å². The van der Waals surface area contributed by atoms with Crippen molar-refractivity contribution >= 4 is 0 Å². The van der Waals surface area contributed by atoms with Crippen molar-refractivity contribution in [1.82, 2.24) is 4.98 Å². The van der Waals surface area contributed by atoms with E-state index in [0.717, 1.165) is 37.5 Å². The van der Waals surface area contributed by atoms with E-state index in [1.807, 2.05) is 6.92 Å². The molecule has 0 aromatic carbocycles. The van der Waals surface area contributed by atoms with E-state index in [-0.39, 0.29) is 0 Å². The van der Waals surface area contributed by atoms with Gasteiger partial charge in [-0.1, -0.05) is 13.3 Å². The standard InChI is InChI=1S/C10H18N2O/c1-8(5-3-4-6-11)10-12-7-9(2)13-10/h7-8H,3-6,11H2,1-2H3/t8-/m0/s1. The molecule has 13 heavy (non-hydrogen) atoms. The van der Waals surface area contributed by atoms with Gasteiger partial charge in [-0.3, -0.25) is 0 Å². The highest BCUT2D eigenvalue weighted by molar-refractivity contribution is 4.95. The van der Waals surface area contributed by atoms with Crippen molar-refractivity contribution in [3.63, 3.8) is 0 Å². The van der Waals surface area contributed by atoms with Crippen molar-refractivity contribution in [3.05, 3.63) is 17.8 Å². The third-order valence-corrected chi connectivity index (χ3v) is 2.15. The Morgan fingerprint density at radius 3 is 2.85 bits per heavy atom. The molecule has 1 atom stereocenters. The molecule has 1 aromatic rings. The summed E-state index contributed by atoms with van der Waals surface area (Å²) in [7, 11) is 0. The number of aryl methyl sites for hydroxylation is 1. The average Bonchev–Trinajstić information content (AvgIpc) is 2.52. The van der Waals surface area contributed by atoms with E-state index in [9.17, 15) is 0 Å². The maximum Gasteiger partial charge on any atom is 0.197 e. The fraction of sp³-hybridized carbons (Fsp3) is 0.700. The number of nitrogens with zero attached hydrogens (tertiary/aromatic N) is 1. The van der Waals surface area contributed by atoms with Gasteiger partial charge in [-0.2, -0.15) is 0 Å². The molecule has 1 heterocycles. The van der Waals surface area contributed by atoms with Crippen molar-refractivity contribution in [1.29, 1.82) is 0 Å². The first-order valence-electron chi connectivity index (χ1n) is 4.86. The number of aromatic nitrogens is 1. The Morgan fingerprint density at radius 2 is 2.31 bits per heavy atom. The van der Waals surface area contributed by atoms with Crippen LogP contribution in [0.5, 0.6) is 0 Å². The molecular formula is C10H18N2O. The molecule has 0 bridgehead atoms. The van der Waals surface area contributed by atoms with Gasteiger partial charge >= 0.3 is 0 Å². The van der Waals surface area contributed by atoms with Gasteiger partial charge < -0.3 is 10.2 Å². The topological polar surface area (TPSA) is 52.0 Å². The van der Waals surface area contributed by atoms with E-state index in [1.165, 1.54) is 0 Å². The van der Waals surface area contributed by atoms with Gasteiger partial charge in [0.15, 0.2) is 5.89 Å². The maximum absolute atomic E-state index is 5.43. The second-order valence-electron chi connectivity index (χ2n) is 3.49. The minimum absolute atomic E-state index is 0.417. The summed E-state index contributed by atoms with van der Waals surface area (Å²) < 4.78 is 5.43. The van der Waals surface area contributed by atoms with Crippen LogP contribution in [0.1, 0.15) is 43.8 Å². The van der Waals surface area contributed by atoms with Crippen LogP contribution in [-0.4, -0.2) is 11.5 Å². The summed E-state index contributed by atoms with van der Waals surface area (Å²) in [5, 5.41) is 0. The number of nitrogens with two attached hydrogens (primary N) is 1. The van der Waals surface area contributed by atoms with E-state index in [1.54, 1.807) is 6.20 Å². The Bertz CT molecular complexity index is 245. The Kier molecular flexibility index (Phi) is 3.96. The SMILES string of the molecule is Cc1cnc([C@@H](C)CCCCN)o1. The normalized spacial score (nSPS) is 13.2. The molecule has 3 heteroatoms. The van der Waals surface area contributed by atoms with Crippen molar-refractivity contribution in [2.24, 2.45) is 5.73 Å². The molecule has 1 rings (SSSR count). The maximum atomic E-state index is 5.43. The summed E-state index contributed by atoms with van der Waals surface area (Å²) in [6, 6.07) is 0. The predicted molar refractivity (Wildman–Crippen MR) is 52.6 cm³/mol. The molecule has 0 aliphatic rings. The van der Waals surface area contributed by atoms with Crippen LogP contribution >= 0.6 is 0 Å². The lowest BCUT2D eigenvalue weighted by atomic mass is 10.0. The largest absolute Gasteiger partial charge is 0.446 e. The Labute approximate surface area is 79.3 Å². The number of unbranched alkanes of at least 4 members (excludes halogenated alkanes) is 1. The molecule has 1 aromatic heterocycles. The van der Waals surface area contributed by atoms with Gasteiger partial charge in [-0.25, -0.2) is 4.98 Å². The summed E-state index contributed by atoms with van der Waals surface area (Å²) >= 11 is 0. The molecule has 0 spiro atoms. The highest BCUT2D eigenvalue weighted by atomic mass is 16.4. The summed E-state index contributed by atoms with van der Waals surface area (Å²) in [6.45, 7) is 4.84. The first kappa shape index (κ1) is 10.3. The molecule has 74 valence electrons. The van der Waals surface area contributed by atoms with Crippen molar-refractivity contribution in [2.45, 2.75) is 39.0 Å². The van der Waals surface area contributed by atoms with Crippen LogP contribution in [0.4, 0.5) is 0 Å². The van der Waals surface area contributed by atoms with E-state index in [2.05, 4.69) is 11.9 Å². The summed E-state index contributed by atoms with van der Waals surface area (Å²) in [5.41, 5.74) is 5.42. The molecule has 0 unspecified atom stereocenters. The molecule has 3 nitrogen and oxygen atoms in total. The molecule has 0 radical (unpaired) electrons. The molecule has 0 saturated carbocycles. The van der Waals surface area contributed by atoms with E-state index >= 15 is 0 Å². The zero-order chi connectivity index (χ0) is 9.68. The predicted octanol–water partition coefficient (Wildman–Crippen LogP) is 2.22. The third kappa shape index (κ3) is 3.19. The lowest BCUT2D eigenvalue weighted by Crippen LogP contribution is -2.00. The minimum Gasteiger partial charge on any atom is -0.446 e. The number of hydrogen-bond donors (Lipinski definition) is 1. The second-order valence-corrected chi connectivity index (χ2v) is 3.49. The molecule has 0 amide bonds. The van der Waals surface area contributed by atoms with Crippen molar-refractivity contribution in [3.8, 4) is 0 Å². The minimum atomic E-state index is 0.417. The van der Waals surface area contributed by atoms with Gasteiger partial charge in [-0.05, 0) is 26.3 Å². The Morgan fingerprint density at radius 1 is 1.54 bits per heavy atom. The zero-order valence-electron chi connectivity index (χ0n) is 8.42. The smallest absolute Gasteiger partial charge is 0.197 e. The van der Waals surface area contributed by atoms with Gasteiger partial charge in [0.1, 0.15) is 5.76 Å². The third-order valence-electron chi connectivity index (χ3n) is 2.15. The van der Waals surface area contributed by atoms with Gasteiger partial charge in [0.2, 0.25) is 0 Å². The molecule has 0 fully saturated rings. The number of oxazole rings is 1. The summed E-state index contributed by atoms with van der Waals surface area (Å²) in [5.74, 6) is 2.16. The van der Waals surface area contributed by atoms with Gasteiger partial charge in [0.25, 0.3) is 0 Å². The van der Waals surface area contributed by atoms with E-state index < -0.39 is 0 Å². The van der Waals surface area contributed by atoms with E-state index in [0.29, 0.717) is 5.92 Å². The fourth-order valence-electron chi connectivity index (χ4n) is 1.32. The van der Waals surface area contributed by atoms with Crippen LogP contribution in [0.2, 0.25) is 0 Å². The Balaban J connectivity index is 2.35. The molecule has 0 aliphatic heterocycles. The summed E-state index contributed by atoms with van der Waals surface area (Å²) in [6.07, 6.45) is 5.12. The first-order valence-corrected chi connectivity index (χ1v) is 4.86. The van der Waals surface area contributed by atoms with Crippen LogP contribution < -0.4 is 5.73 Å². The van der Waals surface area contributed by atoms with Gasteiger partial charge in [-0.15, -0.1) is 0 Å². The number of rotatable bonds is 5. The average molecular weight is 182 g/mol. The van der Waals surface area contributed by atoms with E-state index in [4.69, 9.17) is 10.2 Å². The second kappa shape index (κ2) is 5.02. The monoisotopic (exact) mass is 182 g/mol. The zero-order valence-corrected chi connectivity index (χ0v) is 8.42. The van der Waals surface area contributed by atoms with Crippen molar-refractivity contribution < 1.29 is 4.42 Å². The van der Waals surface area contributed by atoms with Crippen LogP contribution in [0.3, 0.4) is 0 Å². The highest BCUT2D eigenvalue weighted by Gasteiger charge is 2.10. The van der Waals surface area contributed by atoms with Crippen LogP contribution in [0, 0.1) is 6.92 Å². The lowest BCUT2D eigenvalue weighted by molar-refractivity contribution is 0.422. The summed E-state index contributed by atoms with van der Waals surface area (Å²) in [4.78, 5) is 4.20. The van der Waals surface area contributed by atoms with Crippen LogP contribution in [0.25, 0.3) is 0 Å². The molecule has 0 aliphatic carbocycles. The van der Waals surface area contributed by atoms with Crippen molar-refractivity contribution in [2.75, 3.05) is 6.54 Å². The number of hydrogen-bond acceptors (Lipinski definition) is 3. The van der Waals surface area contributed by atoms with Gasteiger partial charge in [0, 0.05) is 5.92 Å². The molecule has 0 saturated heterocycles. The Hall–Kier alpha value is -0.830. The van der Waals surface area contributed by atoms with Crippen LogP contribution in [-0.2, 0) is 0 Å².